The van der Waals surface area contributed by atoms with Crippen LogP contribution in [0.2, 0.25) is 0 Å². The van der Waals surface area contributed by atoms with Gasteiger partial charge >= 0.3 is 11.9 Å². The van der Waals surface area contributed by atoms with Gasteiger partial charge < -0.3 is 9.64 Å². The van der Waals surface area contributed by atoms with Gasteiger partial charge in [-0.25, -0.2) is 9.59 Å². The van der Waals surface area contributed by atoms with E-state index in [-0.39, 0.29) is 0 Å². The maximum atomic E-state index is 12.1. The third-order valence-corrected chi connectivity index (χ3v) is 6.15. The molecule has 1 aliphatic rings. The summed E-state index contributed by atoms with van der Waals surface area (Å²) in [5.41, 5.74) is 4.77. The number of rotatable bonds is 6. The molecule has 1 aliphatic heterocycles. The number of esters is 2. The summed E-state index contributed by atoms with van der Waals surface area (Å²) in [5, 5.41) is 0. The molecule has 0 unspecified atom stereocenters. The Hall–Kier alpha value is -2.92. The van der Waals surface area contributed by atoms with Gasteiger partial charge in [-0.05, 0) is 76.1 Å². The van der Waals surface area contributed by atoms with E-state index in [1.807, 2.05) is 26.8 Å². The van der Waals surface area contributed by atoms with E-state index in [2.05, 4.69) is 55.2 Å². The SMILES string of the molecule is CCN(CC)c1ccc(/C=C/c2cc(/C=C3/C(=O)OC(=O)C3=C(C)C)c(C)s2)cc1. The molecule has 1 aromatic carbocycles. The molecule has 0 aliphatic carbocycles. The molecule has 0 N–H and O–H groups in total. The molecule has 0 atom stereocenters. The smallest absolute Gasteiger partial charge is 0.346 e. The van der Waals surface area contributed by atoms with Crippen molar-refractivity contribution in [3.05, 3.63) is 67.9 Å². The average molecular weight is 422 g/mol. The van der Waals surface area contributed by atoms with Crippen LogP contribution in [0.3, 0.4) is 0 Å². The van der Waals surface area contributed by atoms with E-state index >= 15 is 0 Å². The summed E-state index contributed by atoms with van der Waals surface area (Å²) >= 11 is 1.65. The fourth-order valence-corrected chi connectivity index (χ4v) is 4.38. The Labute approximate surface area is 182 Å². The number of aryl methyl sites for hydroxylation is 1. The Bertz CT molecular complexity index is 1050. The first-order valence-electron chi connectivity index (χ1n) is 10.1. The number of hydrogen-bond donors (Lipinski definition) is 0. The minimum absolute atomic E-state index is 0.337. The third-order valence-electron chi connectivity index (χ3n) is 5.12. The standard InChI is InChI=1S/C25H27NO3S/c1-6-26(7-2)20-11-8-18(9-12-20)10-13-21-14-19(17(5)30-21)15-22-23(16(3)4)25(28)29-24(22)27/h8-15H,6-7H2,1-5H3/b13-10+,22-15+. The van der Waals surface area contributed by atoms with E-state index in [4.69, 9.17) is 4.74 Å². The van der Waals surface area contributed by atoms with Gasteiger partial charge in [0.1, 0.15) is 0 Å². The van der Waals surface area contributed by atoms with Crippen LogP contribution >= 0.6 is 11.3 Å². The molecule has 156 valence electrons. The zero-order valence-electron chi connectivity index (χ0n) is 18.1. The van der Waals surface area contributed by atoms with Crippen LogP contribution in [-0.4, -0.2) is 25.0 Å². The molecule has 0 bridgehead atoms. The summed E-state index contributed by atoms with van der Waals surface area (Å²) < 4.78 is 4.80. The van der Waals surface area contributed by atoms with E-state index in [0.717, 1.165) is 39.5 Å². The number of anilines is 1. The first-order chi connectivity index (χ1) is 14.3. The van der Waals surface area contributed by atoms with Crippen LogP contribution in [0.25, 0.3) is 18.2 Å². The van der Waals surface area contributed by atoms with Crippen molar-refractivity contribution in [2.75, 3.05) is 18.0 Å². The Morgan fingerprint density at radius 2 is 1.70 bits per heavy atom. The second-order valence-electron chi connectivity index (χ2n) is 7.37. The molecule has 2 heterocycles. The number of ether oxygens (including phenoxy) is 1. The number of thiophene rings is 1. The molecule has 5 heteroatoms. The van der Waals surface area contributed by atoms with E-state index in [1.165, 1.54) is 5.69 Å². The Morgan fingerprint density at radius 1 is 1.03 bits per heavy atom. The van der Waals surface area contributed by atoms with Gasteiger partial charge in [-0.1, -0.05) is 23.8 Å². The van der Waals surface area contributed by atoms with Gasteiger partial charge in [0.2, 0.25) is 0 Å². The largest absolute Gasteiger partial charge is 0.386 e. The highest BCUT2D eigenvalue weighted by molar-refractivity contribution is 7.13. The zero-order valence-corrected chi connectivity index (χ0v) is 18.9. The van der Waals surface area contributed by atoms with Crippen molar-refractivity contribution < 1.29 is 14.3 Å². The first kappa shape index (κ1) is 21.8. The number of benzene rings is 1. The maximum Gasteiger partial charge on any atom is 0.346 e. The summed E-state index contributed by atoms with van der Waals surface area (Å²) in [7, 11) is 0. The monoisotopic (exact) mass is 421 g/mol. The zero-order chi connectivity index (χ0) is 21.8. The Kier molecular flexibility index (Phi) is 6.73. The molecule has 0 spiro atoms. The van der Waals surface area contributed by atoms with Crippen LogP contribution < -0.4 is 4.90 Å². The van der Waals surface area contributed by atoms with Crippen LogP contribution in [0.15, 0.2) is 47.1 Å². The summed E-state index contributed by atoms with van der Waals surface area (Å²) in [6, 6.07) is 10.6. The molecule has 4 nitrogen and oxygen atoms in total. The molecule has 0 amide bonds. The summed E-state index contributed by atoms with van der Waals surface area (Å²) in [4.78, 5) is 28.5. The van der Waals surface area contributed by atoms with Gasteiger partial charge in [0.05, 0.1) is 11.1 Å². The number of hydrogen-bond acceptors (Lipinski definition) is 5. The number of carbonyl (C=O) groups is 2. The minimum Gasteiger partial charge on any atom is -0.386 e. The topological polar surface area (TPSA) is 46.6 Å². The van der Waals surface area contributed by atoms with Crippen LogP contribution in [0.5, 0.6) is 0 Å². The summed E-state index contributed by atoms with van der Waals surface area (Å²) in [6.07, 6.45) is 5.92. The van der Waals surface area contributed by atoms with Gasteiger partial charge in [0.15, 0.2) is 0 Å². The third kappa shape index (κ3) is 4.62. The molecule has 30 heavy (non-hydrogen) atoms. The molecule has 3 rings (SSSR count). The van der Waals surface area contributed by atoms with Crippen molar-refractivity contribution in [2.24, 2.45) is 0 Å². The van der Waals surface area contributed by atoms with Crippen LogP contribution in [-0.2, 0) is 14.3 Å². The van der Waals surface area contributed by atoms with Gasteiger partial charge in [-0.2, -0.15) is 0 Å². The molecule has 1 saturated heterocycles. The van der Waals surface area contributed by atoms with Crippen LogP contribution in [0.1, 0.15) is 48.6 Å². The van der Waals surface area contributed by atoms with Crippen molar-refractivity contribution in [1.82, 2.24) is 0 Å². The van der Waals surface area contributed by atoms with E-state index in [9.17, 15) is 9.59 Å². The molecule has 1 aromatic heterocycles. The second-order valence-corrected chi connectivity index (χ2v) is 8.66. The molecule has 0 radical (unpaired) electrons. The van der Waals surface area contributed by atoms with Crippen molar-refractivity contribution in [3.63, 3.8) is 0 Å². The second kappa shape index (κ2) is 9.26. The average Bonchev–Trinajstić information content (AvgIpc) is 3.20. The predicted octanol–water partition coefficient (Wildman–Crippen LogP) is 5.88. The minimum atomic E-state index is -0.577. The van der Waals surface area contributed by atoms with Crippen molar-refractivity contribution >= 4 is 47.2 Å². The summed E-state index contributed by atoms with van der Waals surface area (Å²) in [5.74, 6) is -1.14. The van der Waals surface area contributed by atoms with Crippen molar-refractivity contribution in [2.45, 2.75) is 34.6 Å². The molecule has 1 fully saturated rings. The molecule has 2 aromatic rings. The fraction of sp³-hybridized carbons (Fsp3) is 0.280. The lowest BCUT2D eigenvalue weighted by Crippen LogP contribution is -2.21. The van der Waals surface area contributed by atoms with E-state index in [0.29, 0.717) is 11.1 Å². The molecular weight excluding hydrogens is 394 g/mol. The maximum absolute atomic E-state index is 12.1. The van der Waals surface area contributed by atoms with Gasteiger partial charge in [0, 0.05) is 28.5 Å². The molecular formula is C25H27NO3S. The number of nitrogens with zero attached hydrogens (tertiary/aromatic N) is 1. The number of cyclic esters (lactones) is 2. The number of carbonyl (C=O) groups excluding carboxylic acids is 2. The van der Waals surface area contributed by atoms with Crippen LogP contribution in [0.4, 0.5) is 5.69 Å². The highest BCUT2D eigenvalue weighted by Gasteiger charge is 2.34. The highest BCUT2D eigenvalue weighted by Crippen LogP contribution is 2.31. The normalized spacial score (nSPS) is 15.4. The molecule has 0 saturated carbocycles. The lowest BCUT2D eigenvalue weighted by Gasteiger charge is -2.20. The quantitative estimate of drug-likeness (QED) is 0.332. The van der Waals surface area contributed by atoms with Gasteiger partial charge in [-0.3, -0.25) is 0 Å². The highest BCUT2D eigenvalue weighted by atomic mass is 32.1. The number of allylic oxidation sites excluding steroid dienone is 1. The van der Waals surface area contributed by atoms with Crippen molar-refractivity contribution in [1.29, 1.82) is 0 Å². The Balaban J connectivity index is 1.82. The lowest BCUT2D eigenvalue weighted by molar-refractivity contribution is -0.149. The van der Waals surface area contributed by atoms with E-state index < -0.39 is 11.9 Å². The van der Waals surface area contributed by atoms with Gasteiger partial charge in [-0.15, -0.1) is 11.3 Å². The fourth-order valence-electron chi connectivity index (χ4n) is 3.47. The van der Waals surface area contributed by atoms with Crippen LogP contribution in [0, 0.1) is 6.92 Å². The van der Waals surface area contributed by atoms with Gasteiger partial charge in [0.25, 0.3) is 0 Å². The Morgan fingerprint density at radius 3 is 2.30 bits per heavy atom. The van der Waals surface area contributed by atoms with E-state index in [1.54, 1.807) is 17.4 Å². The lowest BCUT2D eigenvalue weighted by atomic mass is 10.0. The predicted molar refractivity (Wildman–Crippen MR) is 125 cm³/mol. The summed E-state index contributed by atoms with van der Waals surface area (Å²) in [6.45, 7) is 11.9. The van der Waals surface area contributed by atoms with Crippen molar-refractivity contribution in [3.8, 4) is 0 Å². The first-order valence-corrected chi connectivity index (χ1v) is 10.9.